The van der Waals surface area contributed by atoms with Crippen LogP contribution in [0, 0.1) is 0 Å². The standard InChI is InChI=1S/C21H16N4O2.C19H20N6O2.2C15H12N4O2/c22-20(26)19-21(25-18-12-5-4-11-17(18)24-19)23-14-7-6-10-16(13-14)27-15-8-2-1-3-9-15;20-13-11-12(5-6-16(13)25-7-9-27-10-8-25)22-19-17(18(21)26)23-14-3-1-2-4-15(14)24-19;16-14(21)13-15(19-11-7-3-4-8-12(11)20)18-10-6-2-1-5-9(10)17-13;16-14(21)13-15(17-9-5-7-10(20)8-6-9)19-12-4-2-1-3-11(12)18-13/h1-13H,(H2,22,26)(H,23,25);1-6,11H,7-10,20H2,(H2,21,26)(H,22,24);1-8,20H,(H2,16,21)(H,18,19);1-8,20H,(H2,16,21)(H,17,19). The van der Waals surface area contributed by atoms with Crippen LogP contribution < -0.4 is 59.6 Å². The lowest BCUT2D eigenvalue weighted by Crippen LogP contribution is -2.36. The molecular weight excluding hydrogens is 1220 g/mol. The maximum absolute atomic E-state index is 11.8. The van der Waals surface area contributed by atoms with Gasteiger partial charge in [-0.05, 0) is 127 Å². The SMILES string of the molecule is NC(=O)c1nc2ccccc2nc1Nc1ccc(N2CCOCC2)c(N)c1.NC(=O)c1nc2ccccc2nc1Nc1ccc(O)cc1.NC(=O)c1nc2ccccc2nc1Nc1cccc(Oc2ccccc2)c1.NC(=O)c1nc2ccccc2nc1Nc1ccccc1O. The van der Waals surface area contributed by atoms with Crippen molar-refractivity contribution in [1.29, 1.82) is 0 Å². The van der Waals surface area contributed by atoms with Crippen molar-refractivity contribution in [3.63, 3.8) is 0 Å². The number of benzene rings is 9. The van der Waals surface area contributed by atoms with Gasteiger partial charge in [-0.2, -0.15) is 0 Å². The second kappa shape index (κ2) is 29.6. The molecular formula is C70H60N18O8. The number of primary amides is 4. The third-order valence-electron chi connectivity index (χ3n) is 14.2. The Hall–Kier alpha value is -13.6. The molecule has 0 radical (unpaired) electrons. The molecule has 0 bridgehead atoms. The number of phenolic OH excluding ortho intramolecular Hbond substituents is 2. The molecule has 26 heteroatoms. The van der Waals surface area contributed by atoms with Crippen molar-refractivity contribution in [3.05, 3.63) is 241 Å². The second-order valence-electron chi connectivity index (χ2n) is 21.0. The maximum atomic E-state index is 11.8. The van der Waals surface area contributed by atoms with E-state index in [1.165, 1.54) is 18.2 Å². The highest BCUT2D eigenvalue weighted by Gasteiger charge is 2.20. The van der Waals surface area contributed by atoms with Crippen molar-refractivity contribution in [3.8, 4) is 23.0 Å². The fourth-order valence-corrected chi connectivity index (χ4v) is 9.68. The van der Waals surface area contributed by atoms with Gasteiger partial charge in [-0.1, -0.05) is 84.9 Å². The zero-order chi connectivity index (χ0) is 67.1. The Kier molecular flexibility index (Phi) is 19.7. The highest BCUT2D eigenvalue weighted by molar-refractivity contribution is 6.01. The summed E-state index contributed by atoms with van der Waals surface area (Å²) in [6.45, 7) is 2.99. The van der Waals surface area contributed by atoms with E-state index in [-0.39, 0.29) is 45.9 Å². The molecule has 26 nitrogen and oxygen atoms in total. The predicted molar refractivity (Wildman–Crippen MR) is 368 cm³/mol. The number of fused-ring (bicyclic) bond motifs is 4. The molecule has 14 rings (SSSR count). The number of phenols is 2. The van der Waals surface area contributed by atoms with E-state index < -0.39 is 23.6 Å². The van der Waals surface area contributed by atoms with Crippen molar-refractivity contribution >= 4 is 125 Å². The van der Waals surface area contributed by atoms with Crippen LogP contribution in [0.3, 0.4) is 0 Å². The number of carbonyl (C=O) groups is 4. The van der Waals surface area contributed by atoms with Crippen molar-refractivity contribution in [2.24, 2.45) is 22.9 Å². The number of nitrogens with zero attached hydrogens (tertiary/aromatic N) is 9. The minimum absolute atomic E-state index is 0.0250. The van der Waals surface area contributed by atoms with Gasteiger partial charge in [0.2, 0.25) is 0 Å². The summed E-state index contributed by atoms with van der Waals surface area (Å²) in [4.78, 5) is 83.8. The molecule has 0 unspecified atom stereocenters. The lowest BCUT2D eigenvalue weighted by atomic mass is 10.2. The summed E-state index contributed by atoms with van der Waals surface area (Å²) in [5, 5.41) is 31.2. The fraction of sp³-hybridized carbons (Fsp3) is 0.0571. The number of amides is 4. The van der Waals surface area contributed by atoms with Crippen LogP contribution >= 0.6 is 0 Å². The van der Waals surface area contributed by atoms with Gasteiger partial charge in [-0.3, -0.25) is 19.2 Å². The molecule has 1 aliphatic rings. The van der Waals surface area contributed by atoms with E-state index in [1.807, 2.05) is 127 Å². The third-order valence-corrected chi connectivity index (χ3v) is 14.2. The molecule has 0 spiro atoms. The molecule has 478 valence electrons. The lowest BCUT2D eigenvalue weighted by Gasteiger charge is -2.30. The number of aromatic nitrogens is 8. The van der Waals surface area contributed by atoms with Crippen molar-refractivity contribution < 1.29 is 38.9 Å². The zero-order valence-corrected chi connectivity index (χ0v) is 50.9. The monoisotopic (exact) mass is 1280 g/mol. The number of anilines is 10. The first-order valence-corrected chi connectivity index (χ1v) is 29.6. The second-order valence-corrected chi connectivity index (χ2v) is 21.0. The first kappa shape index (κ1) is 63.9. The summed E-state index contributed by atoms with van der Waals surface area (Å²) in [5.74, 6) is 0.0517. The largest absolute Gasteiger partial charge is 0.508 e. The Labute approximate surface area is 546 Å². The van der Waals surface area contributed by atoms with Crippen LogP contribution in [0.5, 0.6) is 23.0 Å². The highest BCUT2D eigenvalue weighted by Crippen LogP contribution is 2.32. The van der Waals surface area contributed by atoms with Gasteiger partial charge in [0, 0.05) is 36.2 Å². The van der Waals surface area contributed by atoms with Crippen LogP contribution in [0.1, 0.15) is 42.0 Å². The molecule has 0 saturated carbocycles. The number of morpholine rings is 1. The Balaban J connectivity index is 0.000000131. The summed E-state index contributed by atoms with van der Waals surface area (Å²) in [6, 6.07) is 64.5. The predicted octanol–water partition coefficient (Wildman–Crippen LogP) is 10.5. The van der Waals surface area contributed by atoms with Crippen LogP contribution in [0.15, 0.2) is 218 Å². The number of carbonyl (C=O) groups excluding carboxylic acids is 4. The molecule has 13 aromatic rings. The van der Waals surface area contributed by atoms with Crippen molar-refractivity contribution in [2.45, 2.75) is 0 Å². The Morgan fingerprint density at radius 2 is 0.750 bits per heavy atom. The van der Waals surface area contributed by atoms with Gasteiger partial charge >= 0.3 is 0 Å². The molecule has 16 N–H and O–H groups in total. The summed E-state index contributed by atoms with van der Waals surface area (Å²) >= 11 is 0. The first-order valence-electron chi connectivity index (χ1n) is 29.6. The summed E-state index contributed by atoms with van der Waals surface area (Å²) in [6.07, 6.45) is 0. The number of aromatic hydroxyl groups is 2. The number of nitrogen functional groups attached to an aromatic ring is 1. The molecule has 4 amide bonds. The zero-order valence-electron chi connectivity index (χ0n) is 50.9. The number of nitrogens with two attached hydrogens (primary N) is 5. The number of nitrogens with one attached hydrogen (secondary N) is 4. The van der Waals surface area contributed by atoms with Crippen LogP contribution in [0.25, 0.3) is 44.1 Å². The van der Waals surface area contributed by atoms with Gasteiger partial charge in [-0.25, -0.2) is 39.9 Å². The number of rotatable bonds is 15. The Morgan fingerprint density at radius 1 is 0.385 bits per heavy atom. The summed E-state index contributed by atoms with van der Waals surface area (Å²) in [5.41, 5.74) is 37.3. The van der Waals surface area contributed by atoms with E-state index in [9.17, 15) is 29.4 Å². The smallest absolute Gasteiger partial charge is 0.271 e. The van der Waals surface area contributed by atoms with E-state index in [1.54, 1.807) is 72.8 Å². The van der Waals surface area contributed by atoms with Gasteiger partial charge in [0.15, 0.2) is 46.0 Å². The molecule has 5 heterocycles. The topological polar surface area (TPSA) is 412 Å². The van der Waals surface area contributed by atoms with Gasteiger partial charge < -0.3 is 74.5 Å². The minimum Gasteiger partial charge on any atom is -0.508 e. The maximum Gasteiger partial charge on any atom is 0.271 e. The number of hydrogen-bond donors (Lipinski definition) is 11. The van der Waals surface area contributed by atoms with E-state index in [2.05, 4.69) is 66.0 Å². The van der Waals surface area contributed by atoms with E-state index in [0.717, 1.165) is 24.5 Å². The molecule has 9 aromatic carbocycles. The molecule has 0 aliphatic carbocycles. The minimum atomic E-state index is -0.689. The Morgan fingerprint density at radius 3 is 1.18 bits per heavy atom. The number of para-hydroxylation sites is 11. The molecule has 4 aromatic heterocycles. The van der Waals surface area contributed by atoms with Crippen LogP contribution in [0.2, 0.25) is 0 Å². The molecule has 1 fully saturated rings. The van der Waals surface area contributed by atoms with Crippen molar-refractivity contribution in [2.75, 3.05) is 58.2 Å². The summed E-state index contributed by atoms with van der Waals surface area (Å²) < 4.78 is 11.2. The molecule has 1 aliphatic heterocycles. The van der Waals surface area contributed by atoms with Crippen LogP contribution in [0.4, 0.5) is 57.4 Å². The molecule has 0 atom stereocenters. The van der Waals surface area contributed by atoms with Gasteiger partial charge in [0.25, 0.3) is 23.6 Å². The van der Waals surface area contributed by atoms with Gasteiger partial charge in [-0.15, -0.1) is 0 Å². The number of hydrogen-bond acceptors (Lipinski definition) is 22. The first-order chi connectivity index (χ1) is 46.6. The van der Waals surface area contributed by atoms with Gasteiger partial charge in [0.05, 0.1) is 74.4 Å². The summed E-state index contributed by atoms with van der Waals surface area (Å²) in [7, 11) is 0. The van der Waals surface area contributed by atoms with Crippen molar-refractivity contribution in [1.82, 2.24) is 39.9 Å². The van der Waals surface area contributed by atoms with Crippen LogP contribution in [-0.2, 0) is 4.74 Å². The third kappa shape index (κ3) is 15.9. The molecule has 96 heavy (non-hydrogen) atoms. The Bertz CT molecular complexity index is 5010. The van der Waals surface area contributed by atoms with Gasteiger partial charge in [0.1, 0.15) is 23.0 Å². The number of ether oxygens (including phenoxy) is 2. The van der Waals surface area contributed by atoms with Crippen LogP contribution in [-0.4, -0.2) is 100 Å². The van der Waals surface area contributed by atoms with E-state index >= 15 is 0 Å². The fourth-order valence-electron chi connectivity index (χ4n) is 9.68. The normalized spacial score (nSPS) is 11.6. The quantitative estimate of drug-likeness (QED) is 0.0258. The lowest BCUT2D eigenvalue weighted by molar-refractivity contribution is 0.0988. The average Bonchev–Trinajstić information content (AvgIpc) is 1.49. The van der Waals surface area contributed by atoms with E-state index in [4.69, 9.17) is 38.1 Å². The molecule has 1 saturated heterocycles. The average molecular weight is 1280 g/mol. The highest BCUT2D eigenvalue weighted by atomic mass is 16.5. The van der Waals surface area contributed by atoms with E-state index in [0.29, 0.717) is 103 Å².